The third-order valence-electron chi connectivity index (χ3n) is 4.53. The van der Waals surface area contributed by atoms with E-state index in [1.165, 1.54) is 19.3 Å². The second kappa shape index (κ2) is 10.5. The lowest BCUT2D eigenvalue weighted by Gasteiger charge is -2.16. The van der Waals surface area contributed by atoms with Crippen molar-refractivity contribution in [2.45, 2.75) is 39.5 Å². The van der Waals surface area contributed by atoms with Gasteiger partial charge in [0.15, 0.2) is 0 Å². The van der Waals surface area contributed by atoms with Crippen molar-refractivity contribution in [2.24, 2.45) is 5.92 Å². The van der Waals surface area contributed by atoms with Crippen LogP contribution in [0.5, 0.6) is 0 Å². The molecule has 2 rings (SSSR count). The van der Waals surface area contributed by atoms with E-state index in [9.17, 15) is 4.79 Å². The zero-order valence-electron chi connectivity index (χ0n) is 15.4. The zero-order chi connectivity index (χ0) is 17.9. The first-order chi connectivity index (χ1) is 12.2. The smallest absolute Gasteiger partial charge is 0.251 e. The van der Waals surface area contributed by atoms with Gasteiger partial charge in [-0.05, 0) is 29.5 Å². The van der Waals surface area contributed by atoms with Crippen LogP contribution in [-0.2, 0) is 4.79 Å². The predicted molar refractivity (Wildman–Crippen MR) is 107 cm³/mol. The topological polar surface area (TPSA) is 29.1 Å². The molecule has 132 valence electrons. The van der Waals surface area contributed by atoms with Crippen LogP contribution in [-0.4, -0.2) is 12.5 Å². The third-order valence-corrected chi connectivity index (χ3v) is 4.53. The number of rotatable bonds is 9. The number of carbonyl (C=O) groups is 1. The van der Waals surface area contributed by atoms with Crippen molar-refractivity contribution >= 4 is 17.6 Å². The van der Waals surface area contributed by atoms with Gasteiger partial charge in [-0.15, -0.1) is 0 Å². The summed E-state index contributed by atoms with van der Waals surface area (Å²) in [5, 5.41) is 3.15. The summed E-state index contributed by atoms with van der Waals surface area (Å²) in [6, 6.07) is 19.9. The summed E-state index contributed by atoms with van der Waals surface area (Å²) >= 11 is 0. The lowest BCUT2D eigenvalue weighted by atomic mass is 9.98. The Morgan fingerprint density at radius 3 is 2.24 bits per heavy atom. The van der Waals surface area contributed by atoms with Gasteiger partial charge >= 0.3 is 0 Å². The molecule has 1 N–H and O–H groups in total. The highest BCUT2D eigenvalue weighted by Gasteiger charge is 2.14. The van der Waals surface area contributed by atoms with Gasteiger partial charge < -0.3 is 5.32 Å². The Morgan fingerprint density at radius 2 is 1.64 bits per heavy atom. The van der Waals surface area contributed by atoms with Crippen LogP contribution in [0.15, 0.2) is 60.7 Å². The average molecular weight is 335 g/mol. The Hall–Kier alpha value is -2.35. The summed E-state index contributed by atoms with van der Waals surface area (Å²) in [6.45, 7) is 5.15. The van der Waals surface area contributed by atoms with Crippen LogP contribution < -0.4 is 5.32 Å². The number of hydrogen-bond acceptors (Lipinski definition) is 1. The molecule has 2 heteroatoms. The SMILES string of the molecule is CCCCC(CC)CNC(=O)C(=Cc1ccccc1)c1ccccc1. The van der Waals surface area contributed by atoms with Gasteiger partial charge in [0.1, 0.15) is 0 Å². The number of hydrogen-bond donors (Lipinski definition) is 1. The van der Waals surface area contributed by atoms with Crippen molar-refractivity contribution in [3.8, 4) is 0 Å². The van der Waals surface area contributed by atoms with Gasteiger partial charge in [0.05, 0.1) is 0 Å². The minimum Gasteiger partial charge on any atom is -0.352 e. The number of carbonyl (C=O) groups excluding carboxylic acids is 1. The molecule has 0 saturated carbocycles. The molecule has 2 aromatic rings. The first kappa shape index (κ1) is 19.0. The van der Waals surface area contributed by atoms with E-state index in [4.69, 9.17) is 0 Å². The van der Waals surface area contributed by atoms with E-state index >= 15 is 0 Å². The maximum absolute atomic E-state index is 12.9. The van der Waals surface area contributed by atoms with E-state index in [-0.39, 0.29) is 5.91 Å². The van der Waals surface area contributed by atoms with Gasteiger partial charge in [-0.25, -0.2) is 0 Å². The number of benzene rings is 2. The number of amides is 1. The standard InChI is InChI=1S/C23H29NO/c1-3-5-12-19(4-2)18-24-23(25)22(21-15-10-7-11-16-21)17-20-13-8-6-9-14-20/h6-11,13-17,19H,3-5,12,18H2,1-2H3,(H,24,25). The second-order valence-electron chi connectivity index (χ2n) is 6.46. The first-order valence-electron chi connectivity index (χ1n) is 9.35. The molecule has 2 aromatic carbocycles. The van der Waals surface area contributed by atoms with Crippen molar-refractivity contribution in [3.63, 3.8) is 0 Å². The van der Waals surface area contributed by atoms with E-state index in [1.54, 1.807) is 0 Å². The van der Waals surface area contributed by atoms with E-state index in [2.05, 4.69) is 19.2 Å². The molecule has 25 heavy (non-hydrogen) atoms. The fourth-order valence-corrected chi connectivity index (χ4v) is 2.89. The quantitative estimate of drug-likeness (QED) is 0.472. The van der Waals surface area contributed by atoms with Crippen molar-refractivity contribution in [1.29, 1.82) is 0 Å². The minimum absolute atomic E-state index is 0.00463. The van der Waals surface area contributed by atoms with Crippen LogP contribution in [0.4, 0.5) is 0 Å². The molecular formula is C23H29NO. The predicted octanol–water partition coefficient (Wildman–Crippen LogP) is 5.56. The van der Waals surface area contributed by atoms with Crippen LogP contribution in [0, 0.1) is 5.92 Å². The molecule has 0 saturated heterocycles. The summed E-state index contributed by atoms with van der Waals surface area (Å²) in [7, 11) is 0. The monoisotopic (exact) mass is 335 g/mol. The Balaban J connectivity index is 2.15. The number of unbranched alkanes of at least 4 members (excludes halogenated alkanes) is 1. The van der Waals surface area contributed by atoms with Gasteiger partial charge in [0, 0.05) is 12.1 Å². The van der Waals surface area contributed by atoms with Gasteiger partial charge in [-0.2, -0.15) is 0 Å². The Morgan fingerprint density at radius 1 is 1.00 bits per heavy atom. The first-order valence-corrected chi connectivity index (χ1v) is 9.35. The molecular weight excluding hydrogens is 306 g/mol. The second-order valence-corrected chi connectivity index (χ2v) is 6.46. The lowest BCUT2D eigenvalue weighted by molar-refractivity contribution is -0.115. The Kier molecular flexibility index (Phi) is 7.97. The molecule has 0 aliphatic carbocycles. The van der Waals surface area contributed by atoms with E-state index < -0.39 is 0 Å². The van der Waals surface area contributed by atoms with Crippen LogP contribution in [0.25, 0.3) is 11.6 Å². The van der Waals surface area contributed by atoms with Gasteiger partial charge in [-0.3, -0.25) is 4.79 Å². The highest BCUT2D eigenvalue weighted by molar-refractivity contribution is 6.24. The average Bonchev–Trinajstić information content (AvgIpc) is 2.67. The maximum atomic E-state index is 12.9. The van der Waals surface area contributed by atoms with E-state index in [0.29, 0.717) is 5.92 Å². The van der Waals surface area contributed by atoms with Crippen molar-refractivity contribution in [2.75, 3.05) is 6.54 Å². The van der Waals surface area contributed by atoms with Crippen molar-refractivity contribution in [3.05, 3.63) is 71.8 Å². The molecule has 1 amide bonds. The molecule has 0 heterocycles. The molecule has 0 spiro atoms. The molecule has 1 atom stereocenters. The van der Waals surface area contributed by atoms with E-state index in [1.807, 2.05) is 66.7 Å². The third kappa shape index (κ3) is 6.22. The summed E-state index contributed by atoms with van der Waals surface area (Å²) in [4.78, 5) is 12.9. The summed E-state index contributed by atoms with van der Waals surface area (Å²) in [5.74, 6) is 0.558. The summed E-state index contributed by atoms with van der Waals surface area (Å²) in [5.41, 5.74) is 2.71. The van der Waals surface area contributed by atoms with Crippen LogP contribution in [0.1, 0.15) is 50.7 Å². The van der Waals surface area contributed by atoms with Crippen LogP contribution in [0.2, 0.25) is 0 Å². The summed E-state index contributed by atoms with van der Waals surface area (Å²) < 4.78 is 0. The summed E-state index contributed by atoms with van der Waals surface area (Å²) in [6.07, 6.45) is 6.67. The fraction of sp³-hybridized carbons (Fsp3) is 0.348. The lowest BCUT2D eigenvalue weighted by Crippen LogP contribution is -2.29. The van der Waals surface area contributed by atoms with Crippen molar-refractivity contribution < 1.29 is 4.79 Å². The molecule has 0 aliphatic heterocycles. The minimum atomic E-state index is 0.00463. The molecule has 0 radical (unpaired) electrons. The van der Waals surface area contributed by atoms with Gasteiger partial charge in [0.25, 0.3) is 5.91 Å². The molecule has 0 bridgehead atoms. The Labute approximate surface area is 152 Å². The van der Waals surface area contributed by atoms with Gasteiger partial charge in [0.2, 0.25) is 0 Å². The fourth-order valence-electron chi connectivity index (χ4n) is 2.89. The number of nitrogens with one attached hydrogen (secondary N) is 1. The van der Waals surface area contributed by atoms with Crippen LogP contribution in [0.3, 0.4) is 0 Å². The maximum Gasteiger partial charge on any atom is 0.251 e. The molecule has 2 nitrogen and oxygen atoms in total. The molecule has 0 fully saturated rings. The largest absolute Gasteiger partial charge is 0.352 e. The molecule has 0 aliphatic rings. The van der Waals surface area contributed by atoms with Crippen LogP contribution >= 0.6 is 0 Å². The van der Waals surface area contributed by atoms with E-state index in [0.717, 1.165) is 29.7 Å². The van der Waals surface area contributed by atoms with Gasteiger partial charge in [-0.1, -0.05) is 93.8 Å². The Bertz CT molecular complexity index is 661. The highest BCUT2D eigenvalue weighted by atomic mass is 16.1. The normalized spacial score (nSPS) is 12.6. The molecule has 1 unspecified atom stereocenters. The zero-order valence-corrected chi connectivity index (χ0v) is 15.4. The molecule has 0 aromatic heterocycles. The highest BCUT2D eigenvalue weighted by Crippen LogP contribution is 2.19. The van der Waals surface area contributed by atoms with Crippen molar-refractivity contribution in [1.82, 2.24) is 5.32 Å².